The molecule has 0 bridgehead atoms. The topological polar surface area (TPSA) is 29.5 Å². The molecule has 2 nitrogen and oxygen atoms in total. The van der Waals surface area contributed by atoms with Crippen molar-refractivity contribution in [2.45, 2.75) is 57.8 Å². The first-order valence-corrected chi connectivity index (χ1v) is 10.2. The van der Waals surface area contributed by atoms with Gasteiger partial charge in [0.25, 0.3) is 0 Å². The lowest BCUT2D eigenvalue weighted by Crippen LogP contribution is -2.44. The van der Waals surface area contributed by atoms with Crippen molar-refractivity contribution in [3.05, 3.63) is 23.2 Å². The third-order valence-corrected chi connectivity index (χ3v) is 8.71. The summed E-state index contributed by atoms with van der Waals surface area (Å²) in [7, 11) is -1.63. The predicted molar refractivity (Wildman–Crippen MR) is 85.6 cm³/mol. The van der Waals surface area contributed by atoms with Gasteiger partial charge in [-0.3, -0.25) is 0 Å². The first kappa shape index (κ1) is 18.1. The van der Waals surface area contributed by atoms with E-state index in [9.17, 15) is 0 Å². The Labute approximate surface area is 121 Å². The fourth-order valence-electron chi connectivity index (χ4n) is 2.19. The molecule has 0 rings (SSSR count). The van der Waals surface area contributed by atoms with Crippen LogP contribution in [-0.2, 0) is 4.43 Å². The number of aliphatic hydroxyl groups is 1. The molecule has 4 heteroatoms. The van der Waals surface area contributed by atoms with E-state index < -0.39 is 8.32 Å². The number of hydrogen-bond donors (Lipinski definition) is 1. The fraction of sp³-hybridized carbons (Fsp3) is 0.714. The Morgan fingerprint density at radius 3 is 2.11 bits per heavy atom. The highest BCUT2D eigenvalue weighted by molar-refractivity contribution is 9.11. The van der Waals surface area contributed by atoms with E-state index in [2.05, 4.69) is 49.7 Å². The Morgan fingerprint density at radius 1 is 1.17 bits per heavy atom. The van der Waals surface area contributed by atoms with E-state index in [0.717, 1.165) is 24.6 Å². The summed E-state index contributed by atoms with van der Waals surface area (Å²) in [6, 6.07) is 3.42. The largest absolute Gasteiger partial charge is 0.408 e. The van der Waals surface area contributed by atoms with Crippen LogP contribution in [0.3, 0.4) is 0 Å². The molecule has 0 saturated carbocycles. The van der Waals surface area contributed by atoms with Gasteiger partial charge in [0, 0.05) is 0 Å². The summed E-state index contributed by atoms with van der Waals surface area (Å²) in [5.41, 5.74) is -0.304. The van der Waals surface area contributed by atoms with E-state index in [0.29, 0.717) is 0 Å². The Morgan fingerprint density at radius 2 is 1.72 bits per heavy atom. The van der Waals surface area contributed by atoms with Gasteiger partial charge < -0.3 is 9.53 Å². The average Bonchev–Trinajstić information content (AvgIpc) is 2.41. The Hall–Kier alpha value is 0.0969. The quantitative estimate of drug-likeness (QED) is 0.492. The van der Waals surface area contributed by atoms with E-state index >= 15 is 0 Å². The van der Waals surface area contributed by atoms with Crippen molar-refractivity contribution in [1.82, 2.24) is 0 Å². The third-order valence-electron chi connectivity index (χ3n) is 3.57. The molecule has 0 aromatic heterocycles. The third kappa shape index (κ3) is 5.82. The summed E-state index contributed by atoms with van der Waals surface area (Å²) in [6.07, 6.45) is 6.66. The molecule has 0 spiro atoms. The van der Waals surface area contributed by atoms with Crippen molar-refractivity contribution in [2.75, 3.05) is 6.61 Å². The molecular weight excluding hydrogens is 308 g/mol. The molecule has 18 heavy (non-hydrogen) atoms. The van der Waals surface area contributed by atoms with E-state index in [1.165, 1.54) is 0 Å². The Kier molecular flexibility index (Phi) is 9.12. The summed E-state index contributed by atoms with van der Waals surface area (Å²) in [5, 5.41) is 8.97. The van der Waals surface area contributed by atoms with Crippen LogP contribution >= 0.6 is 15.9 Å². The molecule has 0 aromatic rings. The van der Waals surface area contributed by atoms with Crippen LogP contribution in [0.15, 0.2) is 23.2 Å². The second-order valence-corrected chi connectivity index (χ2v) is 10.0. The molecule has 106 valence electrons. The molecule has 0 fully saturated rings. The number of rotatable bonds is 9. The van der Waals surface area contributed by atoms with Crippen molar-refractivity contribution >= 4 is 24.2 Å². The second-order valence-electron chi connectivity index (χ2n) is 4.81. The van der Waals surface area contributed by atoms with Crippen molar-refractivity contribution in [3.8, 4) is 0 Å². The van der Waals surface area contributed by atoms with Gasteiger partial charge in [-0.25, -0.2) is 0 Å². The maximum Gasteiger partial charge on any atom is 0.193 e. The number of halogens is 1. The van der Waals surface area contributed by atoms with Crippen molar-refractivity contribution in [1.29, 1.82) is 0 Å². The lowest BCUT2D eigenvalue weighted by Gasteiger charge is -2.38. The molecule has 0 aromatic carbocycles. The molecule has 0 saturated heterocycles. The minimum atomic E-state index is -1.63. The van der Waals surface area contributed by atoms with Gasteiger partial charge in [0.2, 0.25) is 0 Å². The first-order valence-electron chi connectivity index (χ1n) is 6.75. The highest BCUT2D eigenvalue weighted by atomic mass is 79.9. The van der Waals surface area contributed by atoms with Crippen LogP contribution in [-0.4, -0.2) is 25.6 Å². The minimum Gasteiger partial charge on any atom is -0.408 e. The molecule has 0 aliphatic heterocycles. The first-order chi connectivity index (χ1) is 8.51. The zero-order valence-electron chi connectivity index (χ0n) is 12.1. The summed E-state index contributed by atoms with van der Waals surface area (Å²) >= 11 is 3.30. The molecule has 0 radical (unpaired) electrons. The fourth-order valence-corrected chi connectivity index (χ4v) is 5.45. The van der Waals surface area contributed by atoms with E-state index in [1.54, 1.807) is 6.08 Å². The van der Waals surface area contributed by atoms with Gasteiger partial charge in [0.05, 0.1) is 12.2 Å². The average molecular weight is 335 g/mol. The van der Waals surface area contributed by atoms with Crippen LogP contribution in [0.4, 0.5) is 0 Å². The SMILES string of the molecule is CC[Si](CC)(CC)O[C@@](C)(/C=C/CO)C/C=C/Br. The Bertz CT molecular complexity index is 267. The standard InChI is InChI=1S/C14H27BrO2Si/c1-5-18(6-2,7-3)17-14(4,10-8-12-15)11-9-13-16/h8-9,11-12,16H,5-7,10,13H2,1-4H3/b11-9+,12-8+/t14-/m1/s1. The van der Waals surface area contributed by atoms with Crippen LogP contribution in [0.1, 0.15) is 34.1 Å². The summed E-state index contributed by atoms with van der Waals surface area (Å²) < 4.78 is 6.55. The van der Waals surface area contributed by atoms with Gasteiger partial charge in [-0.05, 0) is 36.5 Å². The normalized spacial score (nSPS) is 16.6. The van der Waals surface area contributed by atoms with Crippen LogP contribution in [0.5, 0.6) is 0 Å². The molecule has 1 atom stereocenters. The van der Waals surface area contributed by atoms with E-state index in [-0.39, 0.29) is 12.2 Å². The summed E-state index contributed by atoms with van der Waals surface area (Å²) in [6.45, 7) is 8.87. The van der Waals surface area contributed by atoms with Crippen molar-refractivity contribution in [3.63, 3.8) is 0 Å². The monoisotopic (exact) mass is 334 g/mol. The zero-order chi connectivity index (χ0) is 14.1. The minimum absolute atomic E-state index is 0.0654. The van der Waals surface area contributed by atoms with Gasteiger partial charge in [0.15, 0.2) is 8.32 Å². The molecule has 0 unspecified atom stereocenters. The summed E-state index contributed by atoms with van der Waals surface area (Å²) in [4.78, 5) is 1.87. The van der Waals surface area contributed by atoms with Crippen LogP contribution in [0, 0.1) is 0 Å². The maximum absolute atomic E-state index is 8.97. The molecule has 1 N–H and O–H groups in total. The zero-order valence-corrected chi connectivity index (χ0v) is 14.7. The molecule has 0 amide bonds. The summed E-state index contributed by atoms with van der Waals surface area (Å²) in [5.74, 6) is 0. The van der Waals surface area contributed by atoms with E-state index in [4.69, 9.17) is 9.53 Å². The molecule has 0 aliphatic carbocycles. The lowest BCUT2D eigenvalue weighted by atomic mass is 10.0. The smallest absolute Gasteiger partial charge is 0.193 e. The highest BCUT2D eigenvalue weighted by Crippen LogP contribution is 2.31. The van der Waals surface area contributed by atoms with Gasteiger partial charge >= 0.3 is 0 Å². The van der Waals surface area contributed by atoms with Crippen LogP contribution in [0.25, 0.3) is 0 Å². The number of aliphatic hydroxyl groups excluding tert-OH is 1. The highest BCUT2D eigenvalue weighted by Gasteiger charge is 2.36. The molecule has 0 aliphatic rings. The van der Waals surface area contributed by atoms with Crippen molar-refractivity contribution in [2.24, 2.45) is 0 Å². The Balaban J connectivity index is 5.01. The van der Waals surface area contributed by atoms with Gasteiger partial charge in [0.1, 0.15) is 0 Å². The predicted octanol–water partition coefficient (Wildman–Crippen LogP) is 4.61. The molecular formula is C14H27BrO2Si. The molecule has 0 heterocycles. The van der Waals surface area contributed by atoms with Gasteiger partial charge in [-0.1, -0.05) is 54.9 Å². The van der Waals surface area contributed by atoms with Crippen molar-refractivity contribution < 1.29 is 9.53 Å². The van der Waals surface area contributed by atoms with Crippen LogP contribution < -0.4 is 0 Å². The lowest BCUT2D eigenvalue weighted by molar-refractivity contribution is 0.128. The van der Waals surface area contributed by atoms with Gasteiger partial charge in [-0.15, -0.1) is 0 Å². The van der Waals surface area contributed by atoms with Crippen LogP contribution in [0.2, 0.25) is 18.1 Å². The van der Waals surface area contributed by atoms with E-state index in [1.807, 2.05) is 11.1 Å². The van der Waals surface area contributed by atoms with Gasteiger partial charge in [-0.2, -0.15) is 0 Å². The maximum atomic E-state index is 8.97. The number of hydrogen-bond acceptors (Lipinski definition) is 2. The second kappa shape index (κ2) is 9.07.